The molecule has 2 N–H and O–H groups in total. The van der Waals surface area contributed by atoms with E-state index in [-0.39, 0.29) is 6.04 Å². The summed E-state index contributed by atoms with van der Waals surface area (Å²) < 4.78 is 0. The minimum absolute atomic E-state index is 0.232. The van der Waals surface area contributed by atoms with Gasteiger partial charge in [-0.2, -0.15) is 5.10 Å². The predicted molar refractivity (Wildman–Crippen MR) is 104 cm³/mol. The molecule has 0 saturated carbocycles. The molecule has 1 aliphatic rings. The number of rotatable bonds is 3. The number of aromatic amines is 2. The number of nitrogens with zero attached hydrogens (tertiary/aromatic N) is 2. The number of H-pyrrole nitrogens is 2. The molecule has 2 aromatic heterocycles. The average Bonchev–Trinajstić information content (AvgIpc) is 3.30. The lowest BCUT2D eigenvalue weighted by Crippen LogP contribution is -2.36. The van der Waals surface area contributed by atoms with Gasteiger partial charge >= 0.3 is 0 Å². The van der Waals surface area contributed by atoms with Crippen LogP contribution in [-0.4, -0.2) is 26.6 Å². The van der Waals surface area contributed by atoms with Crippen molar-refractivity contribution in [2.45, 2.75) is 25.9 Å². The van der Waals surface area contributed by atoms with E-state index in [1.807, 2.05) is 6.20 Å². The van der Waals surface area contributed by atoms with E-state index in [1.54, 1.807) is 0 Å². The van der Waals surface area contributed by atoms with Gasteiger partial charge in [0, 0.05) is 41.6 Å². The SMILES string of the molecule is Cc1ccccc1[C@H]1c2[nH]c3ccccc3c2CCN1Cc1ccn[nH]1. The fourth-order valence-corrected chi connectivity index (χ4v) is 4.30. The molecule has 4 aromatic rings. The van der Waals surface area contributed by atoms with Crippen molar-refractivity contribution in [1.82, 2.24) is 20.1 Å². The maximum absolute atomic E-state index is 4.12. The zero-order valence-corrected chi connectivity index (χ0v) is 14.9. The number of para-hydroxylation sites is 1. The van der Waals surface area contributed by atoms with Gasteiger partial charge in [-0.3, -0.25) is 10.00 Å². The van der Waals surface area contributed by atoms with Gasteiger partial charge in [0.2, 0.25) is 0 Å². The number of fused-ring (bicyclic) bond motifs is 3. The Labute approximate surface area is 152 Å². The molecule has 0 bridgehead atoms. The van der Waals surface area contributed by atoms with Gasteiger partial charge in [0.1, 0.15) is 0 Å². The van der Waals surface area contributed by atoms with E-state index in [0.29, 0.717) is 0 Å². The molecule has 5 rings (SSSR count). The lowest BCUT2D eigenvalue weighted by molar-refractivity contribution is 0.199. The first kappa shape index (κ1) is 15.4. The van der Waals surface area contributed by atoms with Crippen molar-refractivity contribution in [2.75, 3.05) is 6.54 Å². The van der Waals surface area contributed by atoms with E-state index in [9.17, 15) is 0 Å². The molecule has 26 heavy (non-hydrogen) atoms. The predicted octanol–water partition coefficient (Wildman–Crippen LogP) is 4.35. The zero-order chi connectivity index (χ0) is 17.5. The summed E-state index contributed by atoms with van der Waals surface area (Å²) in [6, 6.07) is 19.7. The Morgan fingerprint density at radius 3 is 2.77 bits per heavy atom. The third-order valence-corrected chi connectivity index (χ3v) is 5.55. The topological polar surface area (TPSA) is 47.7 Å². The Morgan fingerprint density at radius 2 is 1.92 bits per heavy atom. The summed E-state index contributed by atoms with van der Waals surface area (Å²) in [4.78, 5) is 6.28. The van der Waals surface area contributed by atoms with Gasteiger partial charge in [-0.15, -0.1) is 0 Å². The molecule has 4 nitrogen and oxygen atoms in total. The second-order valence-electron chi connectivity index (χ2n) is 7.12. The summed E-state index contributed by atoms with van der Waals surface area (Å²) in [6.07, 6.45) is 2.90. The van der Waals surface area contributed by atoms with Gasteiger partial charge in [-0.1, -0.05) is 42.5 Å². The summed E-state index contributed by atoms with van der Waals surface area (Å²) in [7, 11) is 0. The number of hydrogen-bond donors (Lipinski definition) is 2. The van der Waals surface area contributed by atoms with Crippen molar-refractivity contribution < 1.29 is 0 Å². The molecule has 2 aromatic carbocycles. The van der Waals surface area contributed by atoms with Crippen LogP contribution in [0.4, 0.5) is 0 Å². The Kier molecular flexibility index (Phi) is 3.64. The minimum atomic E-state index is 0.232. The van der Waals surface area contributed by atoms with Gasteiger partial charge in [-0.05, 0) is 42.2 Å². The van der Waals surface area contributed by atoms with Crippen LogP contribution < -0.4 is 0 Å². The molecule has 3 heterocycles. The largest absolute Gasteiger partial charge is 0.357 e. The zero-order valence-electron chi connectivity index (χ0n) is 14.9. The normalized spacial score (nSPS) is 17.5. The highest BCUT2D eigenvalue weighted by atomic mass is 15.2. The van der Waals surface area contributed by atoms with Crippen LogP contribution in [0.15, 0.2) is 60.8 Å². The highest BCUT2D eigenvalue weighted by Gasteiger charge is 2.32. The van der Waals surface area contributed by atoms with Crippen LogP contribution in [0.3, 0.4) is 0 Å². The Balaban J connectivity index is 1.67. The summed E-state index contributed by atoms with van der Waals surface area (Å²) in [6.45, 7) is 4.11. The van der Waals surface area contributed by atoms with Crippen molar-refractivity contribution in [3.63, 3.8) is 0 Å². The first-order valence-corrected chi connectivity index (χ1v) is 9.18. The maximum Gasteiger partial charge on any atom is 0.0763 e. The molecule has 1 atom stereocenters. The summed E-state index contributed by atoms with van der Waals surface area (Å²) in [5, 5.41) is 8.61. The summed E-state index contributed by atoms with van der Waals surface area (Å²) >= 11 is 0. The third-order valence-electron chi connectivity index (χ3n) is 5.55. The van der Waals surface area contributed by atoms with E-state index in [4.69, 9.17) is 0 Å². The maximum atomic E-state index is 4.12. The molecular weight excluding hydrogens is 320 g/mol. The van der Waals surface area contributed by atoms with Crippen molar-refractivity contribution in [3.05, 3.63) is 88.9 Å². The second-order valence-corrected chi connectivity index (χ2v) is 7.12. The van der Waals surface area contributed by atoms with Crippen LogP contribution in [0, 0.1) is 6.92 Å². The van der Waals surface area contributed by atoms with Gasteiger partial charge < -0.3 is 4.98 Å². The molecule has 0 amide bonds. The van der Waals surface area contributed by atoms with E-state index in [2.05, 4.69) is 81.6 Å². The van der Waals surface area contributed by atoms with Crippen LogP contribution in [0.1, 0.15) is 34.1 Å². The van der Waals surface area contributed by atoms with Gasteiger partial charge in [-0.25, -0.2) is 0 Å². The molecule has 0 radical (unpaired) electrons. The van der Waals surface area contributed by atoms with Crippen molar-refractivity contribution in [2.24, 2.45) is 0 Å². The monoisotopic (exact) mass is 342 g/mol. The highest BCUT2D eigenvalue weighted by Crippen LogP contribution is 2.39. The number of nitrogens with one attached hydrogen (secondary N) is 2. The molecule has 0 spiro atoms. The molecule has 130 valence electrons. The van der Waals surface area contributed by atoms with Crippen molar-refractivity contribution in [1.29, 1.82) is 0 Å². The molecule has 0 unspecified atom stereocenters. The molecular formula is C22H22N4. The first-order valence-electron chi connectivity index (χ1n) is 9.18. The molecule has 0 aliphatic carbocycles. The fraction of sp³-hybridized carbons (Fsp3) is 0.227. The first-order chi connectivity index (χ1) is 12.8. The fourth-order valence-electron chi connectivity index (χ4n) is 4.30. The Bertz CT molecular complexity index is 1050. The summed E-state index contributed by atoms with van der Waals surface area (Å²) in [5.41, 5.74) is 7.90. The minimum Gasteiger partial charge on any atom is -0.357 e. The lowest BCUT2D eigenvalue weighted by Gasteiger charge is -2.36. The van der Waals surface area contributed by atoms with Gasteiger partial charge in [0.05, 0.1) is 6.04 Å². The van der Waals surface area contributed by atoms with Crippen molar-refractivity contribution >= 4 is 10.9 Å². The molecule has 4 heteroatoms. The molecule has 1 aliphatic heterocycles. The van der Waals surface area contributed by atoms with Gasteiger partial charge in [0.25, 0.3) is 0 Å². The number of aryl methyl sites for hydroxylation is 1. The summed E-state index contributed by atoms with van der Waals surface area (Å²) in [5.74, 6) is 0. The van der Waals surface area contributed by atoms with Crippen LogP contribution in [0.25, 0.3) is 10.9 Å². The molecule has 0 saturated heterocycles. The number of benzene rings is 2. The number of hydrogen-bond acceptors (Lipinski definition) is 2. The standard InChI is InChI=1S/C22H22N4/c1-15-6-2-3-7-17(15)22-21-19(18-8-4-5-9-20(18)24-21)11-13-26(22)14-16-10-12-23-25-16/h2-10,12,22,24H,11,13-14H2,1H3,(H,23,25)/t22-/m0/s1. The van der Waals surface area contributed by atoms with Crippen LogP contribution in [0.2, 0.25) is 0 Å². The van der Waals surface area contributed by atoms with E-state index in [1.165, 1.54) is 33.3 Å². The van der Waals surface area contributed by atoms with E-state index in [0.717, 1.165) is 25.2 Å². The highest BCUT2D eigenvalue weighted by molar-refractivity contribution is 5.85. The van der Waals surface area contributed by atoms with Crippen molar-refractivity contribution in [3.8, 4) is 0 Å². The Hall–Kier alpha value is -2.85. The average molecular weight is 342 g/mol. The number of aromatic nitrogens is 3. The van der Waals surface area contributed by atoms with E-state index < -0.39 is 0 Å². The lowest BCUT2D eigenvalue weighted by atomic mass is 9.90. The van der Waals surface area contributed by atoms with E-state index >= 15 is 0 Å². The van der Waals surface area contributed by atoms with Gasteiger partial charge in [0.15, 0.2) is 0 Å². The quantitative estimate of drug-likeness (QED) is 0.581. The van der Waals surface area contributed by atoms with Crippen LogP contribution in [-0.2, 0) is 13.0 Å². The Morgan fingerprint density at radius 1 is 1.08 bits per heavy atom. The second kappa shape index (κ2) is 6.15. The van der Waals surface area contributed by atoms with Crippen LogP contribution >= 0.6 is 0 Å². The third kappa shape index (κ3) is 2.45. The smallest absolute Gasteiger partial charge is 0.0763 e. The molecule has 0 fully saturated rings. The van der Waals surface area contributed by atoms with Crippen LogP contribution in [0.5, 0.6) is 0 Å².